The quantitative estimate of drug-likeness (QED) is 0.0392. The monoisotopic (exact) mass is 1290 g/mol. The van der Waals surface area contributed by atoms with Crippen LogP contribution in [0.25, 0.3) is 21.4 Å². The molecule has 24 nitrogen and oxygen atoms in total. The minimum Gasteiger partial charge on any atom is -0.478 e. The van der Waals surface area contributed by atoms with Crippen LogP contribution in [-0.4, -0.2) is 91.1 Å². The lowest BCUT2D eigenvalue weighted by Gasteiger charge is -2.27. The second-order valence-corrected chi connectivity index (χ2v) is 28.3. The molecule has 4 heterocycles. The number of benzene rings is 5. The molecule has 460 valence electrons. The Labute approximate surface area is 523 Å². The zero-order valence-electron chi connectivity index (χ0n) is 49.7. The molecular weight excluding hydrogens is 1230 g/mol. The van der Waals surface area contributed by atoms with Gasteiger partial charge in [-0.1, -0.05) is 73.6 Å². The lowest BCUT2D eigenvalue weighted by molar-refractivity contribution is 0.0676. The van der Waals surface area contributed by atoms with Crippen LogP contribution in [0.3, 0.4) is 0 Å². The van der Waals surface area contributed by atoms with Crippen molar-refractivity contribution in [2.45, 2.75) is 91.2 Å². The number of thiazole rings is 2. The average Bonchev–Trinajstić information content (AvgIpc) is 1.52. The zero-order valence-corrected chi connectivity index (χ0v) is 53.0. The molecule has 5 aromatic carbocycles. The molecule has 1 aliphatic rings. The number of hydrogen-bond acceptors (Lipinski definition) is 19. The number of nitriles is 1. The second-order valence-electron chi connectivity index (χ2n) is 22.6. The summed E-state index contributed by atoms with van der Waals surface area (Å²) >= 11 is 2.27. The highest BCUT2D eigenvalue weighted by Crippen LogP contribution is 2.46. The first kappa shape index (κ1) is 62.8. The minimum atomic E-state index is -4.45. The predicted octanol–water partition coefficient (Wildman–Crippen LogP) is 13.3. The number of sulfonamides is 2. The van der Waals surface area contributed by atoms with Gasteiger partial charge >= 0.3 is 23.9 Å². The van der Waals surface area contributed by atoms with Gasteiger partial charge in [0.25, 0.3) is 10.0 Å². The highest BCUT2D eigenvalue weighted by Gasteiger charge is 2.34. The van der Waals surface area contributed by atoms with Crippen LogP contribution in [-0.2, 0) is 31.9 Å². The number of fused-ring (bicyclic) bond motifs is 2. The van der Waals surface area contributed by atoms with Crippen LogP contribution in [0.15, 0.2) is 106 Å². The third-order valence-electron chi connectivity index (χ3n) is 14.5. The number of hydrogen-bond donors (Lipinski definition) is 7. The smallest absolute Gasteiger partial charge is 0.335 e. The van der Waals surface area contributed by atoms with Crippen molar-refractivity contribution >= 4 is 134 Å². The van der Waals surface area contributed by atoms with Crippen molar-refractivity contribution < 1.29 is 56.4 Å². The molecule has 9 aromatic rings. The molecule has 0 saturated heterocycles. The van der Waals surface area contributed by atoms with E-state index in [0.29, 0.717) is 43.0 Å². The first-order valence-corrected chi connectivity index (χ1v) is 32.0. The van der Waals surface area contributed by atoms with E-state index < -0.39 is 76.8 Å². The van der Waals surface area contributed by atoms with Crippen molar-refractivity contribution in [1.82, 2.24) is 24.7 Å². The Balaban J connectivity index is 1.07. The van der Waals surface area contributed by atoms with E-state index in [1.807, 2.05) is 104 Å². The summed E-state index contributed by atoms with van der Waals surface area (Å²) in [5.41, 5.74) is 6.09. The fourth-order valence-electron chi connectivity index (χ4n) is 10.5. The third kappa shape index (κ3) is 12.6. The van der Waals surface area contributed by atoms with E-state index in [9.17, 15) is 61.7 Å². The van der Waals surface area contributed by atoms with Crippen molar-refractivity contribution in [2.24, 2.45) is 10.2 Å². The molecule has 0 spiro atoms. The lowest BCUT2D eigenvalue weighted by Crippen LogP contribution is -2.29. The Kier molecular flexibility index (Phi) is 16.6. The van der Waals surface area contributed by atoms with Gasteiger partial charge in [0, 0.05) is 22.4 Å². The Morgan fingerprint density at radius 1 is 0.689 bits per heavy atom. The number of nitrogens with zero attached hydrogens (tertiary/aromatic N) is 9. The van der Waals surface area contributed by atoms with Crippen LogP contribution in [0, 0.1) is 59.8 Å². The van der Waals surface area contributed by atoms with E-state index >= 15 is 0 Å². The Bertz CT molecular complexity index is 4790. The van der Waals surface area contributed by atoms with Gasteiger partial charge in [0.05, 0.1) is 65.8 Å². The summed E-state index contributed by atoms with van der Waals surface area (Å²) in [7, 11) is -8.76. The first-order valence-electron chi connectivity index (χ1n) is 27.4. The summed E-state index contributed by atoms with van der Waals surface area (Å²) in [6.45, 7) is 19.2. The molecule has 0 saturated carbocycles. The molecule has 1 atom stereocenters. The molecule has 90 heavy (non-hydrogen) atoms. The Morgan fingerprint density at radius 2 is 1.24 bits per heavy atom. The molecule has 0 radical (unpaired) electrons. The van der Waals surface area contributed by atoms with Crippen molar-refractivity contribution in [3.05, 3.63) is 174 Å². The Hall–Kier alpha value is -10.2. The van der Waals surface area contributed by atoms with Crippen LogP contribution >= 0.6 is 22.7 Å². The standard InChI is InChI=1S/C62H56N12O12S4/c1-29-15-31(3)50(32(4)16-29)67-54-51(68-69-55-44(28-63)53(62(8,9)10)70-74(55)61-65-46-14-12-43(27-48(46)88-61)90(85,86)72-41-24-38(58(79)80)21-39(25-41)59(81)82)33(5)19-49(66-54)73(52-34(6)17-30(2)18-35(52)7)60-64-45-13-11-42(26-47(45)87-60)89(83,84)71-40-22-36(56(75)76)20-37(23-40)57(77)78/h11-25,27,42,71-72H,26H2,1-10H3,(H,66,67)(H,75,76)(H,77,78)(H,79,80)(H,81,82). The van der Waals surface area contributed by atoms with Crippen LogP contribution in [0.4, 0.5) is 51.0 Å². The summed E-state index contributed by atoms with van der Waals surface area (Å²) < 4.78 is 62.2. The van der Waals surface area contributed by atoms with Gasteiger partial charge in [-0.3, -0.25) is 14.3 Å². The summed E-state index contributed by atoms with van der Waals surface area (Å²) in [6, 6.07) is 22.2. The normalized spacial score (nSPS) is 13.3. The topological polar surface area (TPSA) is 362 Å². The minimum absolute atomic E-state index is 0.0103. The first-order chi connectivity index (χ1) is 42.3. The van der Waals surface area contributed by atoms with Gasteiger partial charge in [0.15, 0.2) is 16.8 Å². The van der Waals surface area contributed by atoms with E-state index in [1.54, 1.807) is 6.08 Å². The van der Waals surface area contributed by atoms with E-state index in [2.05, 4.69) is 20.8 Å². The number of aromatic carboxylic acids is 4. The van der Waals surface area contributed by atoms with Crippen LogP contribution in [0.1, 0.15) is 123 Å². The van der Waals surface area contributed by atoms with Crippen LogP contribution in [0.5, 0.6) is 0 Å². The van der Waals surface area contributed by atoms with Crippen molar-refractivity contribution in [2.75, 3.05) is 19.7 Å². The van der Waals surface area contributed by atoms with E-state index in [4.69, 9.17) is 30.3 Å². The van der Waals surface area contributed by atoms with Gasteiger partial charge in [0.2, 0.25) is 15.2 Å². The van der Waals surface area contributed by atoms with Crippen molar-refractivity contribution in [3.63, 3.8) is 0 Å². The predicted molar refractivity (Wildman–Crippen MR) is 342 cm³/mol. The maximum Gasteiger partial charge on any atom is 0.335 e. The van der Waals surface area contributed by atoms with Crippen molar-refractivity contribution in [3.8, 4) is 11.2 Å². The average molecular weight is 1290 g/mol. The number of carbonyl (C=O) groups is 4. The maximum absolute atomic E-state index is 14.1. The molecule has 1 unspecified atom stereocenters. The van der Waals surface area contributed by atoms with Crippen LogP contribution in [0.2, 0.25) is 0 Å². The number of rotatable bonds is 18. The number of azo groups is 1. The number of carboxylic acids is 4. The summed E-state index contributed by atoms with van der Waals surface area (Å²) in [4.78, 5) is 64.8. The van der Waals surface area contributed by atoms with Gasteiger partial charge in [-0.15, -0.1) is 21.6 Å². The number of pyridine rings is 1. The molecule has 0 aliphatic heterocycles. The number of carboxylic acid groups (broad SMARTS) is 4. The summed E-state index contributed by atoms with van der Waals surface area (Å²) in [5.74, 6) is -5.20. The van der Waals surface area contributed by atoms with Gasteiger partial charge in [-0.2, -0.15) is 15.0 Å². The fraction of sp³-hybridized carbons (Fsp3) is 0.210. The molecule has 0 bridgehead atoms. The zero-order chi connectivity index (χ0) is 65.2. The van der Waals surface area contributed by atoms with E-state index in [1.165, 1.54) is 40.3 Å². The number of anilines is 7. The van der Waals surface area contributed by atoms with Gasteiger partial charge in [-0.25, -0.2) is 51.0 Å². The van der Waals surface area contributed by atoms with E-state index in [0.717, 1.165) is 92.5 Å². The number of aryl methyl sites for hydroxylation is 7. The largest absolute Gasteiger partial charge is 0.478 e. The van der Waals surface area contributed by atoms with Gasteiger partial charge < -0.3 is 25.7 Å². The highest BCUT2D eigenvalue weighted by atomic mass is 32.2. The molecule has 28 heteroatoms. The summed E-state index contributed by atoms with van der Waals surface area (Å²) in [5, 5.41) is 67.0. The fourth-order valence-corrected chi connectivity index (χ4v) is 15.1. The molecule has 1 aliphatic carbocycles. The molecule has 0 amide bonds. The third-order valence-corrected chi connectivity index (χ3v) is 19.6. The van der Waals surface area contributed by atoms with E-state index in [-0.39, 0.29) is 50.7 Å². The second kappa shape index (κ2) is 23.7. The van der Waals surface area contributed by atoms with Gasteiger partial charge in [-0.05, 0) is 143 Å². The van der Waals surface area contributed by atoms with Gasteiger partial charge in [0.1, 0.15) is 28.4 Å². The molecular formula is C62H56N12O12S4. The number of aromatic nitrogens is 5. The molecule has 7 N–H and O–H groups in total. The SMILES string of the molecule is Cc1cc(C)c(Nc2nc(N(c3nc4c(s3)CC(S(=O)(=O)Nc3cc(C(=O)O)cc(C(=O)O)c3)C=C4)c3c(C)cc(C)cc3C)cc(C)c2N=Nc2c(C#N)c(C(C)(C)C)nn2-c2nc3ccc(S(=O)(=O)Nc4cc(C(=O)O)cc(C(=O)O)c4)cc3s2)c(C)c1. The maximum atomic E-state index is 14.1. The highest BCUT2D eigenvalue weighted by molar-refractivity contribution is 7.93. The molecule has 0 fully saturated rings. The molecule has 4 aromatic heterocycles. The van der Waals surface area contributed by atoms with Crippen molar-refractivity contribution in [1.29, 1.82) is 5.26 Å². The number of nitrogens with one attached hydrogen (secondary N) is 3. The molecule has 10 rings (SSSR count). The Morgan fingerprint density at radius 3 is 1.79 bits per heavy atom. The summed E-state index contributed by atoms with van der Waals surface area (Å²) in [6.07, 6.45) is 3.02. The van der Waals surface area contributed by atoms with Crippen LogP contribution < -0.4 is 19.7 Å². The lowest BCUT2D eigenvalue weighted by atomic mass is 9.90.